The van der Waals surface area contributed by atoms with Crippen LogP contribution in [0.2, 0.25) is 0 Å². The first kappa shape index (κ1) is 16.0. The van der Waals surface area contributed by atoms with Crippen molar-refractivity contribution in [3.05, 3.63) is 44.1 Å². The van der Waals surface area contributed by atoms with E-state index in [9.17, 15) is 4.79 Å². The zero-order chi connectivity index (χ0) is 15.4. The Labute approximate surface area is 137 Å². The Bertz CT molecular complexity index is 649. The summed E-state index contributed by atoms with van der Waals surface area (Å²) in [6, 6.07) is 3.54. The second-order valence-corrected chi connectivity index (χ2v) is 6.04. The molecular formula is C16H17BrO3S. The molecule has 0 bridgehead atoms. The van der Waals surface area contributed by atoms with Crippen molar-refractivity contribution in [3.8, 4) is 11.5 Å². The molecule has 21 heavy (non-hydrogen) atoms. The Balaban J connectivity index is 2.46. The summed E-state index contributed by atoms with van der Waals surface area (Å²) in [7, 11) is 0. The Morgan fingerprint density at radius 2 is 1.71 bits per heavy atom. The first-order valence-electron chi connectivity index (χ1n) is 6.75. The fraction of sp³-hybridized carbons (Fsp3) is 0.312. The number of thiophene rings is 1. The van der Waals surface area contributed by atoms with Crippen molar-refractivity contribution in [2.75, 3.05) is 13.2 Å². The number of hydrogen-bond acceptors (Lipinski definition) is 4. The largest absolute Gasteiger partial charge is 0.490 e. The predicted octanol–water partition coefficient (Wildman–Crippen LogP) is 4.85. The molecule has 1 aromatic carbocycles. The number of aryl methyl sites for hydroxylation is 1. The predicted molar refractivity (Wildman–Crippen MR) is 89.0 cm³/mol. The van der Waals surface area contributed by atoms with Crippen LogP contribution >= 0.6 is 27.3 Å². The monoisotopic (exact) mass is 368 g/mol. The summed E-state index contributed by atoms with van der Waals surface area (Å²) in [5, 5.41) is 3.85. The quantitative estimate of drug-likeness (QED) is 0.683. The lowest BCUT2D eigenvalue weighted by Crippen LogP contribution is -2.05. The number of ether oxygens (including phenoxy) is 2. The smallest absolute Gasteiger partial charge is 0.195 e. The van der Waals surface area contributed by atoms with Crippen LogP contribution in [-0.4, -0.2) is 19.0 Å². The van der Waals surface area contributed by atoms with E-state index in [2.05, 4.69) is 15.9 Å². The molecule has 1 aromatic heterocycles. The van der Waals surface area contributed by atoms with Crippen LogP contribution in [0.1, 0.15) is 35.3 Å². The highest BCUT2D eigenvalue weighted by Gasteiger charge is 2.19. The topological polar surface area (TPSA) is 35.5 Å². The van der Waals surface area contributed by atoms with Crippen molar-refractivity contribution in [2.45, 2.75) is 20.8 Å². The van der Waals surface area contributed by atoms with Gasteiger partial charge in [0.05, 0.1) is 13.2 Å². The van der Waals surface area contributed by atoms with Crippen LogP contribution in [0, 0.1) is 6.92 Å². The van der Waals surface area contributed by atoms with Gasteiger partial charge in [-0.25, -0.2) is 0 Å². The molecular weight excluding hydrogens is 352 g/mol. The normalized spacial score (nSPS) is 10.5. The summed E-state index contributed by atoms with van der Waals surface area (Å²) in [5.41, 5.74) is 2.31. The first-order valence-corrected chi connectivity index (χ1v) is 8.48. The minimum absolute atomic E-state index is 0.00961. The number of carbonyl (C=O) groups is 1. The zero-order valence-corrected chi connectivity index (χ0v) is 14.6. The third kappa shape index (κ3) is 3.47. The fourth-order valence-corrected chi connectivity index (χ4v) is 3.31. The fourth-order valence-electron chi connectivity index (χ4n) is 1.98. The molecule has 0 atom stereocenters. The maximum absolute atomic E-state index is 12.7. The lowest BCUT2D eigenvalue weighted by Gasteiger charge is -2.13. The molecule has 2 rings (SSSR count). The number of hydrogen-bond donors (Lipinski definition) is 0. The SMILES string of the molecule is CCOc1cc(Br)c(C(=O)c2cscc2C)cc1OCC. The van der Waals surface area contributed by atoms with E-state index in [0.29, 0.717) is 34.7 Å². The van der Waals surface area contributed by atoms with E-state index in [-0.39, 0.29) is 5.78 Å². The molecule has 0 aliphatic heterocycles. The minimum Gasteiger partial charge on any atom is -0.490 e. The van der Waals surface area contributed by atoms with Gasteiger partial charge in [0.15, 0.2) is 17.3 Å². The van der Waals surface area contributed by atoms with Crippen LogP contribution in [0.5, 0.6) is 11.5 Å². The lowest BCUT2D eigenvalue weighted by atomic mass is 10.0. The summed E-state index contributed by atoms with van der Waals surface area (Å²) < 4.78 is 11.9. The molecule has 2 aromatic rings. The summed E-state index contributed by atoms with van der Waals surface area (Å²) in [6.45, 7) is 6.83. The number of carbonyl (C=O) groups excluding carboxylic acids is 1. The average Bonchev–Trinajstić information content (AvgIpc) is 2.87. The number of halogens is 1. The average molecular weight is 369 g/mol. The molecule has 0 fully saturated rings. The van der Waals surface area contributed by atoms with E-state index >= 15 is 0 Å². The van der Waals surface area contributed by atoms with Crippen LogP contribution in [0.25, 0.3) is 0 Å². The molecule has 0 N–H and O–H groups in total. The summed E-state index contributed by atoms with van der Waals surface area (Å²) in [4.78, 5) is 12.7. The Morgan fingerprint density at radius 3 is 2.24 bits per heavy atom. The van der Waals surface area contributed by atoms with E-state index in [1.165, 1.54) is 11.3 Å². The Hall–Kier alpha value is -1.33. The second kappa shape index (κ2) is 7.09. The molecule has 0 saturated carbocycles. The van der Waals surface area contributed by atoms with Gasteiger partial charge in [0, 0.05) is 21.0 Å². The molecule has 0 saturated heterocycles. The Morgan fingerprint density at radius 1 is 1.10 bits per heavy atom. The van der Waals surface area contributed by atoms with Crippen molar-refractivity contribution >= 4 is 33.0 Å². The zero-order valence-electron chi connectivity index (χ0n) is 12.2. The summed E-state index contributed by atoms with van der Waals surface area (Å²) in [6.07, 6.45) is 0. The van der Waals surface area contributed by atoms with Gasteiger partial charge in [-0.2, -0.15) is 11.3 Å². The van der Waals surface area contributed by atoms with Crippen molar-refractivity contribution < 1.29 is 14.3 Å². The highest BCUT2D eigenvalue weighted by molar-refractivity contribution is 9.10. The van der Waals surface area contributed by atoms with Crippen molar-refractivity contribution in [1.82, 2.24) is 0 Å². The van der Waals surface area contributed by atoms with Crippen LogP contribution < -0.4 is 9.47 Å². The molecule has 5 heteroatoms. The van der Waals surface area contributed by atoms with E-state index in [0.717, 1.165) is 11.1 Å². The highest BCUT2D eigenvalue weighted by atomic mass is 79.9. The molecule has 0 aliphatic rings. The lowest BCUT2D eigenvalue weighted by molar-refractivity contribution is 0.103. The molecule has 0 spiro atoms. The van der Waals surface area contributed by atoms with Gasteiger partial charge in [-0.05, 0) is 59.8 Å². The van der Waals surface area contributed by atoms with Gasteiger partial charge < -0.3 is 9.47 Å². The molecule has 0 aliphatic carbocycles. The van der Waals surface area contributed by atoms with E-state index in [1.807, 2.05) is 31.5 Å². The molecule has 0 amide bonds. The van der Waals surface area contributed by atoms with Gasteiger partial charge in [-0.1, -0.05) is 0 Å². The van der Waals surface area contributed by atoms with Gasteiger partial charge in [0.1, 0.15) is 0 Å². The summed E-state index contributed by atoms with van der Waals surface area (Å²) in [5.74, 6) is 1.23. The van der Waals surface area contributed by atoms with Gasteiger partial charge >= 0.3 is 0 Å². The van der Waals surface area contributed by atoms with Crippen LogP contribution in [-0.2, 0) is 0 Å². The maximum atomic E-state index is 12.7. The highest BCUT2D eigenvalue weighted by Crippen LogP contribution is 2.35. The molecule has 3 nitrogen and oxygen atoms in total. The van der Waals surface area contributed by atoms with E-state index in [1.54, 1.807) is 12.1 Å². The molecule has 112 valence electrons. The summed E-state index contributed by atoms with van der Waals surface area (Å²) >= 11 is 4.99. The van der Waals surface area contributed by atoms with Gasteiger partial charge in [-0.3, -0.25) is 4.79 Å². The Kier molecular flexibility index (Phi) is 5.42. The van der Waals surface area contributed by atoms with Gasteiger partial charge in [-0.15, -0.1) is 0 Å². The molecule has 1 heterocycles. The van der Waals surface area contributed by atoms with Crippen molar-refractivity contribution in [2.24, 2.45) is 0 Å². The van der Waals surface area contributed by atoms with E-state index < -0.39 is 0 Å². The third-order valence-electron chi connectivity index (χ3n) is 2.98. The van der Waals surface area contributed by atoms with Crippen molar-refractivity contribution in [1.29, 1.82) is 0 Å². The minimum atomic E-state index is -0.00961. The number of rotatable bonds is 6. The third-order valence-corrected chi connectivity index (χ3v) is 4.50. The number of ketones is 1. The van der Waals surface area contributed by atoms with Crippen LogP contribution in [0.15, 0.2) is 27.4 Å². The van der Waals surface area contributed by atoms with Gasteiger partial charge in [0.25, 0.3) is 0 Å². The first-order chi connectivity index (χ1) is 10.1. The maximum Gasteiger partial charge on any atom is 0.195 e. The van der Waals surface area contributed by atoms with E-state index in [4.69, 9.17) is 9.47 Å². The van der Waals surface area contributed by atoms with Crippen LogP contribution in [0.4, 0.5) is 0 Å². The van der Waals surface area contributed by atoms with Crippen molar-refractivity contribution in [3.63, 3.8) is 0 Å². The molecule has 0 unspecified atom stereocenters. The standard InChI is InChI=1S/C16H17BrO3S/c1-4-19-14-6-11(13(17)7-15(14)20-5-2)16(18)12-9-21-8-10(12)3/h6-9H,4-5H2,1-3H3. The molecule has 0 radical (unpaired) electrons. The number of benzene rings is 1. The van der Waals surface area contributed by atoms with Gasteiger partial charge in [0.2, 0.25) is 0 Å². The second-order valence-electron chi connectivity index (χ2n) is 4.44. The van der Waals surface area contributed by atoms with Crippen LogP contribution in [0.3, 0.4) is 0 Å².